The lowest BCUT2D eigenvalue weighted by Crippen LogP contribution is -2.01. The van der Waals surface area contributed by atoms with Crippen molar-refractivity contribution >= 4 is 9.84 Å². The number of oxazole rings is 1. The van der Waals surface area contributed by atoms with Gasteiger partial charge in [0.25, 0.3) is 9.84 Å². The molecule has 1 aromatic heterocycles. The monoisotopic (exact) mass is 249 g/mol. The maximum Gasteiger partial charge on any atom is 0.320 e. The van der Waals surface area contributed by atoms with Gasteiger partial charge in [0.05, 0.1) is 11.1 Å². The highest BCUT2D eigenvalue weighted by atomic mass is 32.2. The van der Waals surface area contributed by atoms with E-state index in [0.717, 1.165) is 0 Å². The molecule has 0 fully saturated rings. The molecule has 0 atom stereocenters. The molecule has 1 heterocycles. The molecule has 0 saturated heterocycles. The molecule has 2 rings (SSSR count). The largest absolute Gasteiger partial charge is 0.433 e. The molecule has 0 amide bonds. The zero-order valence-corrected chi connectivity index (χ0v) is 9.85. The number of allylic oxidation sites excluding steroid dienone is 1. The lowest BCUT2D eigenvalue weighted by molar-refractivity contribution is 0.405. The molecule has 4 nitrogen and oxygen atoms in total. The van der Waals surface area contributed by atoms with E-state index in [1.54, 1.807) is 24.3 Å². The molecule has 0 aliphatic heterocycles. The smallest absolute Gasteiger partial charge is 0.320 e. The summed E-state index contributed by atoms with van der Waals surface area (Å²) >= 11 is 0. The fourth-order valence-electron chi connectivity index (χ4n) is 1.35. The molecule has 0 bridgehead atoms. The quantitative estimate of drug-likeness (QED) is 0.780. The van der Waals surface area contributed by atoms with Crippen molar-refractivity contribution in [3.05, 3.63) is 54.9 Å². The number of rotatable bonds is 4. The van der Waals surface area contributed by atoms with Crippen LogP contribution in [0.2, 0.25) is 0 Å². The summed E-state index contributed by atoms with van der Waals surface area (Å²) in [5.41, 5.74) is 0. The zero-order valence-electron chi connectivity index (χ0n) is 9.04. The van der Waals surface area contributed by atoms with E-state index < -0.39 is 9.84 Å². The molecular weight excluding hydrogens is 238 g/mol. The van der Waals surface area contributed by atoms with E-state index in [2.05, 4.69) is 11.6 Å². The molecule has 17 heavy (non-hydrogen) atoms. The van der Waals surface area contributed by atoms with Crippen LogP contribution in [0.3, 0.4) is 0 Å². The standard InChI is InChI=1S/C12H11NO3S/c1-2-6-10-9-13-12(16-10)17(14,15)11-7-4-3-5-8-11/h2-5,7-9H,1,6H2. The normalized spacial score (nSPS) is 11.3. The molecule has 0 radical (unpaired) electrons. The van der Waals surface area contributed by atoms with Crippen LogP contribution in [-0.4, -0.2) is 13.4 Å². The first-order chi connectivity index (χ1) is 8.14. The van der Waals surface area contributed by atoms with Crippen molar-refractivity contribution in [3.8, 4) is 0 Å². The van der Waals surface area contributed by atoms with Crippen molar-refractivity contribution in [1.82, 2.24) is 4.98 Å². The van der Waals surface area contributed by atoms with Crippen LogP contribution in [0, 0.1) is 0 Å². The Kier molecular flexibility index (Phi) is 3.10. The highest BCUT2D eigenvalue weighted by molar-refractivity contribution is 7.91. The van der Waals surface area contributed by atoms with E-state index in [9.17, 15) is 8.42 Å². The molecule has 0 N–H and O–H groups in total. The number of hydrogen-bond donors (Lipinski definition) is 0. The fourth-order valence-corrected chi connectivity index (χ4v) is 2.48. The van der Waals surface area contributed by atoms with Crippen LogP contribution in [0.5, 0.6) is 0 Å². The second kappa shape index (κ2) is 4.55. The Hall–Kier alpha value is -1.88. The maximum absolute atomic E-state index is 12.1. The predicted molar refractivity (Wildman–Crippen MR) is 62.3 cm³/mol. The van der Waals surface area contributed by atoms with Crippen LogP contribution in [0.15, 0.2) is 63.7 Å². The van der Waals surface area contributed by atoms with Crippen molar-refractivity contribution in [1.29, 1.82) is 0 Å². The average Bonchev–Trinajstić information content (AvgIpc) is 2.80. The van der Waals surface area contributed by atoms with Gasteiger partial charge in [0.2, 0.25) is 0 Å². The third kappa shape index (κ3) is 2.29. The van der Waals surface area contributed by atoms with Crippen molar-refractivity contribution in [2.75, 3.05) is 0 Å². The van der Waals surface area contributed by atoms with E-state index in [0.29, 0.717) is 12.2 Å². The lowest BCUT2D eigenvalue weighted by Gasteiger charge is -1.98. The number of sulfone groups is 1. The van der Waals surface area contributed by atoms with Crippen molar-refractivity contribution in [2.24, 2.45) is 0 Å². The van der Waals surface area contributed by atoms with Gasteiger partial charge < -0.3 is 4.42 Å². The number of aromatic nitrogens is 1. The molecule has 88 valence electrons. The van der Waals surface area contributed by atoms with Crippen LogP contribution in [0.25, 0.3) is 0 Å². The number of nitrogens with zero attached hydrogens (tertiary/aromatic N) is 1. The third-order valence-corrected chi connectivity index (χ3v) is 3.70. The molecule has 2 aromatic rings. The van der Waals surface area contributed by atoms with Crippen molar-refractivity contribution in [2.45, 2.75) is 16.5 Å². The average molecular weight is 249 g/mol. The van der Waals surface area contributed by atoms with Gasteiger partial charge in [-0.2, -0.15) is 0 Å². The number of hydrogen-bond acceptors (Lipinski definition) is 4. The fraction of sp³-hybridized carbons (Fsp3) is 0.0833. The van der Waals surface area contributed by atoms with Gasteiger partial charge in [-0.1, -0.05) is 24.3 Å². The molecule has 0 unspecified atom stereocenters. The summed E-state index contributed by atoms with van der Waals surface area (Å²) in [6.07, 6.45) is 3.48. The van der Waals surface area contributed by atoms with E-state index in [1.165, 1.54) is 18.3 Å². The first kappa shape index (κ1) is 11.6. The van der Waals surface area contributed by atoms with E-state index >= 15 is 0 Å². The minimum atomic E-state index is -3.65. The van der Waals surface area contributed by atoms with Gasteiger partial charge in [0, 0.05) is 6.42 Å². The molecule has 5 heteroatoms. The predicted octanol–water partition coefficient (Wildman–Crippen LogP) is 2.24. The third-order valence-electron chi connectivity index (χ3n) is 2.16. The van der Waals surface area contributed by atoms with Crippen LogP contribution in [0.1, 0.15) is 5.76 Å². The summed E-state index contributed by atoms with van der Waals surface area (Å²) in [4.78, 5) is 3.95. The Bertz CT molecular complexity index is 614. The van der Waals surface area contributed by atoms with Gasteiger partial charge in [0.15, 0.2) is 0 Å². The van der Waals surface area contributed by atoms with Gasteiger partial charge >= 0.3 is 5.22 Å². The molecule has 0 saturated carbocycles. The Labute approximate surface area is 99.5 Å². The summed E-state index contributed by atoms with van der Waals surface area (Å²) in [7, 11) is -3.65. The molecule has 1 aromatic carbocycles. The first-order valence-corrected chi connectivity index (χ1v) is 6.48. The molecule has 0 spiro atoms. The van der Waals surface area contributed by atoms with Gasteiger partial charge in [-0.25, -0.2) is 13.4 Å². The lowest BCUT2D eigenvalue weighted by atomic mass is 10.4. The molecule has 0 aliphatic rings. The van der Waals surface area contributed by atoms with Gasteiger partial charge in [-0.3, -0.25) is 0 Å². The van der Waals surface area contributed by atoms with Crippen LogP contribution >= 0.6 is 0 Å². The SMILES string of the molecule is C=CCc1cnc(S(=O)(=O)c2ccccc2)o1. The van der Waals surface area contributed by atoms with Crippen LogP contribution in [-0.2, 0) is 16.3 Å². The Morgan fingerprint density at radius 3 is 2.65 bits per heavy atom. The van der Waals surface area contributed by atoms with Crippen molar-refractivity contribution < 1.29 is 12.8 Å². The number of benzene rings is 1. The van der Waals surface area contributed by atoms with Gasteiger partial charge in [-0.15, -0.1) is 6.58 Å². The van der Waals surface area contributed by atoms with Gasteiger partial charge in [-0.05, 0) is 12.1 Å². The van der Waals surface area contributed by atoms with E-state index in [1.807, 2.05) is 0 Å². The van der Waals surface area contributed by atoms with E-state index in [-0.39, 0.29) is 10.1 Å². The van der Waals surface area contributed by atoms with Gasteiger partial charge in [0.1, 0.15) is 5.76 Å². The Balaban J connectivity index is 2.42. The Morgan fingerprint density at radius 2 is 2.00 bits per heavy atom. The summed E-state index contributed by atoms with van der Waals surface area (Å²) < 4.78 is 29.3. The molecular formula is C12H11NO3S. The minimum absolute atomic E-state index is 0.173. The minimum Gasteiger partial charge on any atom is -0.433 e. The topological polar surface area (TPSA) is 60.2 Å². The summed E-state index contributed by atoms with van der Waals surface area (Å²) in [5.74, 6) is 0.481. The van der Waals surface area contributed by atoms with Crippen LogP contribution < -0.4 is 0 Å². The summed E-state index contributed by atoms with van der Waals surface area (Å²) in [6.45, 7) is 3.55. The van der Waals surface area contributed by atoms with E-state index in [4.69, 9.17) is 4.42 Å². The second-order valence-corrected chi connectivity index (χ2v) is 5.23. The highest BCUT2D eigenvalue weighted by Gasteiger charge is 2.23. The Morgan fingerprint density at radius 1 is 1.29 bits per heavy atom. The molecule has 0 aliphatic carbocycles. The summed E-state index contributed by atoms with van der Waals surface area (Å²) in [5, 5.41) is -0.277. The second-order valence-electron chi connectivity index (χ2n) is 3.40. The maximum atomic E-state index is 12.1. The van der Waals surface area contributed by atoms with Crippen LogP contribution in [0.4, 0.5) is 0 Å². The first-order valence-electron chi connectivity index (χ1n) is 5.00. The van der Waals surface area contributed by atoms with Crippen molar-refractivity contribution in [3.63, 3.8) is 0 Å². The summed E-state index contributed by atoms with van der Waals surface area (Å²) in [6, 6.07) is 8.07. The zero-order chi connectivity index (χ0) is 12.3. The highest BCUT2D eigenvalue weighted by Crippen LogP contribution is 2.20.